The maximum atomic E-state index is 13.2. The molecule has 0 aliphatic carbocycles. The third kappa shape index (κ3) is 4.18. The van der Waals surface area contributed by atoms with E-state index in [1.165, 1.54) is 6.07 Å². The Labute approximate surface area is 94.2 Å². The van der Waals surface area contributed by atoms with Gasteiger partial charge in [0.2, 0.25) is 0 Å². The van der Waals surface area contributed by atoms with Gasteiger partial charge in [-0.05, 0) is 24.1 Å². The minimum Gasteiger partial charge on any atom is -0.403 e. The summed E-state index contributed by atoms with van der Waals surface area (Å²) in [5.41, 5.74) is 5.70. The summed E-state index contributed by atoms with van der Waals surface area (Å²) in [5, 5.41) is 0. The van der Waals surface area contributed by atoms with Gasteiger partial charge in [0.15, 0.2) is 11.6 Å². The first-order valence-electron chi connectivity index (χ1n) is 4.70. The van der Waals surface area contributed by atoms with E-state index in [9.17, 15) is 22.0 Å². The summed E-state index contributed by atoms with van der Waals surface area (Å²) in [6.45, 7) is -0.691. The molecular formula is C10H10F5NO. The molecule has 0 radical (unpaired) electrons. The van der Waals surface area contributed by atoms with E-state index in [0.717, 1.165) is 12.1 Å². The zero-order valence-corrected chi connectivity index (χ0v) is 8.60. The highest BCUT2D eigenvalue weighted by Gasteiger charge is 2.32. The average Bonchev–Trinajstić information content (AvgIpc) is 2.19. The van der Waals surface area contributed by atoms with Crippen LogP contribution in [0.25, 0.3) is 0 Å². The van der Waals surface area contributed by atoms with Gasteiger partial charge in [0.25, 0.3) is 0 Å². The highest BCUT2D eigenvalue weighted by atomic mass is 19.4. The normalized spacial score (nSPS) is 13.5. The van der Waals surface area contributed by atoms with E-state index < -0.39 is 30.6 Å². The van der Waals surface area contributed by atoms with Crippen molar-refractivity contribution in [2.45, 2.75) is 18.8 Å². The topological polar surface area (TPSA) is 35.2 Å². The third-order valence-corrected chi connectivity index (χ3v) is 2.03. The van der Waals surface area contributed by atoms with Crippen LogP contribution in [0.15, 0.2) is 18.2 Å². The predicted octanol–water partition coefficient (Wildman–Crippen LogP) is 3.08. The number of halogens is 5. The van der Waals surface area contributed by atoms with Crippen LogP contribution in [0.2, 0.25) is 0 Å². The molecule has 0 saturated heterocycles. The first-order chi connectivity index (χ1) is 7.83. The summed E-state index contributed by atoms with van der Waals surface area (Å²) in [7, 11) is 0. The van der Waals surface area contributed by atoms with Crippen molar-refractivity contribution in [3.8, 4) is 5.75 Å². The fourth-order valence-corrected chi connectivity index (χ4v) is 1.24. The van der Waals surface area contributed by atoms with Crippen molar-refractivity contribution in [2.75, 3.05) is 6.67 Å². The molecule has 2 N–H and O–H groups in total. The van der Waals surface area contributed by atoms with Gasteiger partial charge < -0.3 is 10.5 Å². The molecule has 0 amide bonds. The molecule has 0 saturated carbocycles. The predicted molar refractivity (Wildman–Crippen MR) is 50.6 cm³/mol. The summed E-state index contributed by atoms with van der Waals surface area (Å²) in [6.07, 6.45) is -4.98. The van der Waals surface area contributed by atoms with Gasteiger partial charge in [-0.2, -0.15) is 0 Å². The first kappa shape index (κ1) is 13.7. The lowest BCUT2D eigenvalue weighted by atomic mass is 10.1. The average molecular weight is 255 g/mol. The second kappa shape index (κ2) is 5.31. The van der Waals surface area contributed by atoms with Gasteiger partial charge in [-0.1, -0.05) is 6.07 Å². The first-order valence-corrected chi connectivity index (χ1v) is 4.70. The van der Waals surface area contributed by atoms with Crippen molar-refractivity contribution in [3.05, 3.63) is 29.6 Å². The molecule has 0 heterocycles. The molecule has 17 heavy (non-hydrogen) atoms. The minimum atomic E-state index is -4.95. The number of alkyl halides is 4. The lowest BCUT2D eigenvalue weighted by Crippen LogP contribution is -2.18. The van der Waals surface area contributed by atoms with E-state index in [4.69, 9.17) is 5.73 Å². The van der Waals surface area contributed by atoms with Gasteiger partial charge in [-0.15, -0.1) is 13.2 Å². The van der Waals surface area contributed by atoms with Crippen LogP contribution >= 0.6 is 0 Å². The molecule has 0 aliphatic rings. The van der Waals surface area contributed by atoms with Crippen LogP contribution in [0.3, 0.4) is 0 Å². The van der Waals surface area contributed by atoms with E-state index in [1.54, 1.807) is 0 Å². The van der Waals surface area contributed by atoms with Gasteiger partial charge in [0.1, 0.15) is 0 Å². The molecule has 1 aromatic carbocycles. The largest absolute Gasteiger partial charge is 0.573 e. The molecule has 0 fully saturated rings. The van der Waals surface area contributed by atoms with Crippen LogP contribution in [-0.2, 0) is 0 Å². The van der Waals surface area contributed by atoms with Gasteiger partial charge in [0.05, 0.1) is 6.67 Å². The maximum Gasteiger partial charge on any atom is 0.573 e. The van der Waals surface area contributed by atoms with Gasteiger partial charge in [-0.3, -0.25) is 4.39 Å². The zero-order chi connectivity index (χ0) is 13.1. The van der Waals surface area contributed by atoms with Crippen LogP contribution in [0.4, 0.5) is 22.0 Å². The third-order valence-electron chi connectivity index (χ3n) is 2.03. The summed E-state index contributed by atoms with van der Waals surface area (Å²) in [6, 6.07) is 2.04. The Hall–Kier alpha value is -1.37. The van der Waals surface area contributed by atoms with Crippen molar-refractivity contribution in [3.63, 3.8) is 0 Å². The number of hydrogen-bond acceptors (Lipinski definition) is 2. The monoisotopic (exact) mass is 255 g/mol. The Bertz CT molecular complexity index is 379. The Morgan fingerprint density at radius 1 is 1.29 bits per heavy atom. The van der Waals surface area contributed by atoms with E-state index >= 15 is 0 Å². The standard InChI is InChI=1S/C10H10F5NO/c11-4-3-8(16)6-1-2-9(7(12)5-6)17-10(13,14)15/h1-2,5,8H,3-4,16H2/t8-/m1/s1. The molecule has 0 aromatic heterocycles. The fourth-order valence-electron chi connectivity index (χ4n) is 1.24. The lowest BCUT2D eigenvalue weighted by molar-refractivity contribution is -0.275. The molecule has 7 heteroatoms. The van der Waals surface area contributed by atoms with E-state index in [2.05, 4.69) is 4.74 Å². The molecule has 0 unspecified atom stereocenters. The van der Waals surface area contributed by atoms with Gasteiger partial charge in [-0.25, -0.2) is 4.39 Å². The van der Waals surface area contributed by atoms with Crippen LogP contribution in [0.1, 0.15) is 18.0 Å². The Balaban J connectivity index is 2.86. The van der Waals surface area contributed by atoms with E-state index in [0.29, 0.717) is 0 Å². The Morgan fingerprint density at radius 3 is 2.41 bits per heavy atom. The summed E-state index contributed by atoms with van der Waals surface area (Å²) in [5.74, 6) is -2.12. The number of hydrogen-bond donors (Lipinski definition) is 1. The van der Waals surface area contributed by atoms with Crippen LogP contribution in [-0.4, -0.2) is 13.0 Å². The molecule has 1 atom stereocenters. The van der Waals surface area contributed by atoms with E-state index in [1.807, 2.05) is 0 Å². The van der Waals surface area contributed by atoms with E-state index in [-0.39, 0.29) is 12.0 Å². The number of nitrogens with two attached hydrogens (primary N) is 1. The molecule has 2 nitrogen and oxygen atoms in total. The quantitative estimate of drug-likeness (QED) is 0.839. The van der Waals surface area contributed by atoms with Crippen LogP contribution in [0, 0.1) is 5.82 Å². The molecule has 0 bridgehead atoms. The van der Waals surface area contributed by atoms with Crippen molar-refractivity contribution in [1.82, 2.24) is 0 Å². The minimum absolute atomic E-state index is 0.0289. The molecular weight excluding hydrogens is 245 g/mol. The van der Waals surface area contributed by atoms with Gasteiger partial charge in [0, 0.05) is 6.04 Å². The molecule has 96 valence electrons. The SMILES string of the molecule is N[C@H](CCF)c1ccc(OC(F)(F)F)c(F)c1. The smallest absolute Gasteiger partial charge is 0.403 e. The number of rotatable bonds is 4. The molecule has 1 rings (SSSR count). The number of ether oxygens (including phenoxy) is 1. The molecule has 0 spiro atoms. The second-order valence-corrected chi connectivity index (χ2v) is 3.32. The maximum absolute atomic E-state index is 13.2. The summed E-state index contributed by atoms with van der Waals surface area (Å²) >= 11 is 0. The molecule has 1 aromatic rings. The fraction of sp³-hybridized carbons (Fsp3) is 0.400. The zero-order valence-electron chi connectivity index (χ0n) is 8.60. The highest BCUT2D eigenvalue weighted by Crippen LogP contribution is 2.27. The summed E-state index contributed by atoms with van der Waals surface area (Å²) < 4.78 is 64.1. The highest BCUT2D eigenvalue weighted by molar-refractivity contribution is 5.31. The van der Waals surface area contributed by atoms with Crippen molar-refractivity contribution in [2.24, 2.45) is 5.73 Å². The van der Waals surface area contributed by atoms with Crippen molar-refractivity contribution >= 4 is 0 Å². The molecule has 0 aliphatic heterocycles. The number of benzene rings is 1. The van der Waals surface area contributed by atoms with Crippen LogP contribution in [0.5, 0.6) is 5.75 Å². The summed E-state index contributed by atoms with van der Waals surface area (Å²) in [4.78, 5) is 0. The van der Waals surface area contributed by atoms with Crippen molar-refractivity contribution < 1.29 is 26.7 Å². The Morgan fingerprint density at radius 2 is 1.94 bits per heavy atom. The van der Waals surface area contributed by atoms with Crippen molar-refractivity contribution in [1.29, 1.82) is 0 Å². The van der Waals surface area contributed by atoms with Crippen LogP contribution < -0.4 is 10.5 Å². The Kier molecular flexibility index (Phi) is 4.28. The second-order valence-electron chi connectivity index (χ2n) is 3.32. The lowest BCUT2D eigenvalue weighted by Gasteiger charge is -2.13. The van der Waals surface area contributed by atoms with Gasteiger partial charge >= 0.3 is 6.36 Å².